The number of para-hydroxylation sites is 1. The summed E-state index contributed by atoms with van der Waals surface area (Å²) in [5, 5.41) is 4.24. The van der Waals surface area contributed by atoms with Crippen molar-refractivity contribution in [2.75, 3.05) is 11.1 Å². The van der Waals surface area contributed by atoms with Gasteiger partial charge in [-0.15, -0.1) is 11.8 Å². The lowest BCUT2D eigenvalue weighted by molar-refractivity contribution is -0.113. The average Bonchev–Trinajstić information content (AvgIpc) is 2.95. The normalized spacial score (nSPS) is 11.0. The number of thioether (sulfide) groups is 1. The van der Waals surface area contributed by atoms with E-state index in [4.69, 9.17) is 0 Å². The minimum absolute atomic E-state index is 0.0297. The van der Waals surface area contributed by atoms with Gasteiger partial charge in [0.1, 0.15) is 0 Å². The average molecular weight is 338 g/mol. The molecule has 0 saturated heterocycles. The Bertz CT molecular complexity index is 882. The first kappa shape index (κ1) is 16.7. The molecule has 1 amide bonds. The van der Waals surface area contributed by atoms with Crippen LogP contribution >= 0.6 is 11.8 Å². The molecule has 0 aliphatic rings. The molecule has 0 aliphatic heterocycles. The molecule has 0 spiro atoms. The summed E-state index contributed by atoms with van der Waals surface area (Å²) in [6.45, 7) is 7.15. The zero-order valence-corrected chi connectivity index (χ0v) is 15.1. The molecule has 1 aromatic heterocycles. The summed E-state index contributed by atoms with van der Waals surface area (Å²) in [6.07, 6.45) is 2.14. The third kappa shape index (κ3) is 3.34. The van der Waals surface area contributed by atoms with Crippen LogP contribution in [0.15, 0.2) is 53.6 Å². The summed E-state index contributed by atoms with van der Waals surface area (Å²) in [5.74, 6) is 0.437. The van der Waals surface area contributed by atoms with Crippen LogP contribution in [0.4, 0.5) is 5.69 Å². The Morgan fingerprint density at radius 3 is 2.71 bits per heavy atom. The lowest BCUT2D eigenvalue weighted by Gasteiger charge is -2.10. The maximum Gasteiger partial charge on any atom is 0.234 e. The highest BCUT2D eigenvalue weighted by atomic mass is 32.2. The van der Waals surface area contributed by atoms with Crippen LogP contribution in [-0.2, 0) is 11.3 Å². The molecule has 0 unspecified atom stereocenters. The van der Waals surface area contributed by atoms with Gasteiger partial charge in [-0.25, -0.2) is 0 Å². The molecule has 0 aliphatic carbocycles. The van der Waals surface area contributed by atoms with E-state index in [1.165, 1.54) is 16.5 Å². The number of anilines is 1. The summed E-state index contributed by atoms with van der Waals surface area (Å²) < 4.78 is 2.22. The van der Waals surface area contributed by atoms with Gasteiger partial charge in [-0.1, -0.05) is 30.3 Å². The van der Waals surface area contributed by atoms with Crippen molar-refractivity contribution in [3.05, 3.63) is 59.8 Å². The topological polar surface area (TPSA) is 34.0 Å². The Balaban J connectivity index is 1.72. The Labute approximate surface area is 147 Å². The molecule has 3 aromatic rings. The van der Waals surface area contributed by atoms with Gasteiger partial charge in [0, 0.05) is 34.2 Å². The number of aromatic nitrogens is 1. The Kier molecular flexibility index (Phi) is 4.95. The van der Waals surface area contributed by atoms with Crippen molar-refractivity contribution in [2.45, 2.75) is 32.2 Å². The second kappa shape index (κ2) is 7.14. The van der Waals surface area contributed by atoms with Crippen LogP contribution in [0.5, 0.6) is 0 Å². The second-order valence-corrected chi connectivity index (χ2v) is 6.90. The van der Waals surface area contributed by atoms with Gasteiger partial charge in [-0.3, -0.25) is 4.79 Å². The SMILES string of the molecule is CCn1cc(SCC(=O)Nc2cccc(C)c2C)c2ccccc21. The first-order chi connectivity index (χ1) is 11.6. The summed E-state index contributed by atoms with van der Waals surface area (Å²) >= 11 is 1.59. The molecule has 1 heterocycles. The number of amides is 1. The molecular formula is C20H22N2OS. The number of benzene rings is 2. The van der Waals surface area contributed by atoms with Crippen molar-refractivity contribution in [3.63, 3.8) is 0 Å². The molecule has 1 N–H and O–H groups in total. The van der Waals surface area contributed by atoms with Crippen LogP contribution in [-0.4, -0.2) is 16.2 Å². The molecule has 24 heavy (non-hydrogen) atoms. The molecular weight excluding hydrogens is 316 g/mol. The van der Waals surface area contributed by atoms with Gasteiger partial charge in [0.2, 0.25) is 5.91 Å². The molecule has 0 fully saturated rings. The quantitative estimate of drug-likeness (QED) is 0.664. The smallest absolute Gasteiger partial charge is 0.234 e. The van der Waals surface area contributed by atoms with Crippen LogP contribution in [0, 0.1) is 13.8 Å². The molecule has 0 atom stereocenters. The fraction of sp³-hybridized carbons (Fsp3) is 0.250. The van der Waals surface area contributed by atoms with Gasteiger partial charge in [-0.2, -0.15) is 0 Å². The van der Waals surface area contributed by atoms with Gasteiger partial charge in [-0.05, 0) is 44.0 Å². The Morgan fingerprint density at radius 2 is 1.92 bits per heavy atom. The fourth-order valence-corrected chi connectivity index (χ4v) is 3.69. The molecule has 0 radical (unpaired) electrons. The van der Waals surface area contributed by atoms with Crippen LogP contribution in [0.2, 0.25) is 0 Å². The molecule has 4 heteroatoms. The van der Waals surface area contributed by atoms with Crippen molar-refractivity contribution in [1.29, 1.82) is 0 Å². The molecule has 0 saturated carbocycles. The minimum atomic E-state index is 0.0297. The van der Waals surface area contributed by atoms with Gasteiger partial charge >= 0.3 is 0 Å². The Hall–Kier alpha value is -2.20. The molecule has 2 aromatic carbocycles. The summed E-state index contributed by atoms with van der Waals surface area (Å²) in [4.78, 5) is 13.5. The third-order valence-corrected chi connectivity index (χ3v) is 5.37. The number of carbonyl (C=O) groups excluding carboxylic acids is 1. The molecule has 0 bridgehead atoms. The predicted molar refractivity (Wildman–Crippen MR) is 103 cm³/mol. The van der Waals surface area contributed by atoms with Crippen LogP contribution < -0.4 is 5.32 Å². The van der Waals surface area contributed by atoms with E-state index in [2.05, 4.69) is 54.2 Å². The highest BCUT2D eigenvalue weighted by Crippen LogP contribution is 2.30. The molecule has 3 nitrogen and oxygen atoms in total. The molecule has 3 rings (SSSR count). The first-order valence-corrected chi connectivity index (χ1v) is 9.15. The number of hydrogen-bond acceptors (Lipinski definition) is 2. The third-order valence-electron chi connectivity index (χ3n) is 4.33. The van der Waals surface area contributed by atoms with E-state index in [0.717, 1.165) is 22.7 Å². The van der Waals surface area contributed by atoms with E-state index >= 15 is 0 Å². The van der Waals surface area contributed by atoms with E-state index in [1.807, 2.05) is 25.1 Å². The van der Waals surface area contributed by atoms with Crippen LogP contribution in [0.3, 0.4) is 0 Å². The van der Waals surface area contributed by atoms with E-state index in [9.17, 15) is 4.79 Å². The van der Waals surface area contributed by atoms with Crippen molar-refractivity contribution < 1.29 is 4.79 Å². The maximum absolute atomic E-state index is 12.3. The monoisotopic (exact) mass is 338 g/mol. The zero-order chi connectivity index (χ0) is 17.1. The zero-order valence-electron chi connectivity index (χ0n) is 14.3. The van der Waals surface area contributed by atoms with E-state index < -0.39 is 0 Å². The standard InChI is InChI=1S/C20H22N2OS/c1-4-22-12-19(16-9-5-6-11-18(16)22)24-13-20(23)21-17-10-7-8-14(2)15(17)3/h5-12H,4,13H2,1-3H3,(H,21,23). The lowest BCUT2D eigenvalue weighted by Crippen LogP contribution is -2.15. The van der Waals surface area contributed by atoms with Crippen molar-refractivity contribution >= 4 is 34.3 Å². The van der Waals surface area contributed by atoms with Gasteiger partial charge < -0.3 is 9.88 Å². The first-order valence-electron chi connectivity index (χ1n) is 8.17. The minimum Gasteiger partial charge on any atom is -0.347 e. The van der Waals surface area contributed by atoms with Crippen LogP contribution in [0.25, 0.3) is 10.9 Å². The van der Waals surface area contributed by atoms with Gasteiger partial charge in [0.25, 0.3) is 0 Å². The van der Waals surface area contributed by atoms with Crippen LogP contribution in [0.1, 0.15) is 18.1 Å². The number of nitrogens with one attached hydrogen (secondary N) is 1. The largest absolute Gasteiger partial charge is 0.347 e. The highest BCUT2D eigenvalue weighted by molar-refractivity contribution is 8.00. The number of fused-ring (bicyclic) bond motifs is 1. The van der Waals surface area contributed by atoms with Crippen molar-refractivity contribution in [3.8, 4) is 0 Å². The summed E-state index contributed by atoms with van der Waals surface area (Å²) in [7, 11) is 0. The van der Waals surface area contributed by atoms with Gasteiger partial charge in [0.15, 0.2) is 0 Å². The van der Waals surface area contributed by atoms with Crippen molar-refractivity contribution in [2.24, 2.45) is 0 Å². The second-order valence-electron chi connectivity index (χ2n) is 5.88. The number of carbonyl (C=O) groups is 1. The number of hydrogen-bond donors (Lipinski definition) is 1. The van der Waals surface area contributed by atoms with Crippen molar-refractivity contribution in [1.82, 2.24) is 4.57 Å². The lowest BCUT2D eigenvalue weighted by atomic mass is 10.1. The number of aryl methyl sites for hydroxylation is 2. The van der Waals surface area contributed by atoms with E-state index in [0.29, 0.717) is 5.75 Å². The van der Waals surface area contributed by atoms with Gasteiger partial charge in [0.05, 0.1) is 5.75 Å². The summed E-state index contributed by atoms with van der Waals surface area (Å²) in [6, 6.07) is 14.3. The maximum atomic E-state index is 12.3. The number of nitrogens with zero attached hydrogens (tertiary/aromatic N) is 1. The van der Waals surface area contributed by atoms with E-state index in [-0.39, 0.29) is 5.91 Å². The molecule has 124 valence electrons. The highest BCUT2D eigenvalue weighted by Gasteiger charge is 2.11. The fourth-order valence-electron chi connectivity index (χ4n) is 2.81. The number of rotatable bonds is 5. The Morgan fingerprint density at radius 1 is 1.12 bits per heavy atom. The summed E-state index contributed by atoms with van der Waals surface area (Å²) in [5.41, 5.74) is 4.43. The van der Waals surface area contributed by atoms with E-state index in [1.54, 1.807) is 11.8 Å². The predicted octanol–water partition coefficient (Wildman–Crippen LogP) is 5.01.